The molecule has 0 radical (unpaired) electrons. The predicted octanol–water partition coefficient (Wildman–Crippen LogP) is 2.16. The van der Waals surface area contributed by atoms with Crippen molar-refractivity contribution in [1.82, 2.24) is 9.88 Å². The Morgan fingerprint density at radius 1 is 1.50 bits per heavy atom. The van der Waals surface area contributed by atoms with E-state index in [0.717, 1.165) is 38.0 Å². The third-order valence-electron chi connectivity index (χ3n) is 4.42. The number of pyridine rings is 1. The largest absolute Gasteiger partial charge is 0.372 e. The van der Waals surface area contributed by atoms with Crippen molar-refractivity contribution < 1.29 is 14.3 Å². The summed E-state index contributed by atoms with van der Waals surface area (Å²) in [6.07, 6.45) is 5.30. The Bertz CT molecular complexity index is 500. The second kappa shape index (κ2) is 6.75. The maximum atomic E-state index is 11.9. The highest BCUT2D eigenvalue weighted by Crippen LogP contribution is 2.35. The summed E-state index contributed by atoms with van der Waals surface area (Å²) in [7, 11) is 0. The number of amides is 1. The lowest BCUT2D eigenvalue weighted by Crippen LogP contribution is -2.67. The molecule has 1 amide bonds. The zero-order valence-corrected chi connectivity index (χ0v) is 13.2. The lowest BCUT2D eigenvalue weighted by atomic mass is 9.84. The van der Waals surface area contributed by atoms with Crippen LogP contribution in [0.2, 0.25) is 0 Å². The van der Waals surface area contributed by atoms with Gasteiger partial charge in [0.1, 0.15) is 5.60 Å². The Balaban J connectivity index is 1.47. The van der Waals surface area contributed by atoms with Crippen molar-refractivity contribution >= 4 is 5.91 Å². The summed E-state index contributed by atoms with van der Waals surface area (Å²) in [5.74, 6) is 0.244. The van der Waals surface area contributed by atoms with E-state index in [1.165, 1.54) is 0 Å². The highest BCUT2D eigenvalue weighted by molar-refractivity contribution is 5.77. The van der Waals surface area contributed by atoms with Gasteiger partial charge in [0.2, 0.25) is 5.91 Å². The van der Waals surface area contributed by atoms with Crippen molar-refractivity contribution in [1.29, 1.82) is 0 Å². The van der Waals surface area contributed by atoms with Crippen LogP contribution >= 0.6 is 0 Å². The predicted molar refractivity (Wildman–Crippen MR) is 82.2 cm³/mol. The lowest BCUT2D eigenvalue weighted by molar-refractivity contribution is -0.202. The SMILES string of the molecule is CCCC(=O)N1CC2(C[C@@H](OCc3ccccn3)CCO2)C1. The van der Waals surface area contributed by atoms with Crippen LogP contribution in [0.4, 0.5) is 0 Å². The van der Waals surface area contributed by atoms with Crippen LogP contribution in [0.1, 0.15) is 38.3 Å². The molecule has 1 atom stereocenters. The molecule has 3 rings (SSSR count). The fourth-order valence-electron chi connectivity index (χ4n) is 3.23. The molecule has 0 N–H and O–H groups in total. The number of hydrogen-bond acceptors (Lipinski definition) is 4. The Kier molecular flexibility index (Phi) is 4.74. The molecule has 2 saturated heterocycles. The van der Waals surface area contributed by atoms with Crippen molar-refractivity contribution in [2.24, 2.45) is 0 Å². The molecule has 0 unspecified atom stereocenters. The number of ether oxygens (including phenoxy) is 2. The molecule has 0 saturated carbocycles. The summed E-state index contributed by atoms with van der Waals surface area (Å²) < 4.78 is 12.0. The minimum Gasteiger partial charge on any atom is -0.372 e. The van der Waals surface area contributed by atoms with Gasteiger partial charge < -0.3 is 14.4 Å². The number of carbonyl (C=O) groups excluding carboxylic acids is 1. The Morgan fingerprint density at radius 2 is 2.36 bits per heavy atom. The molecule has 1 spiro atoms. The second-order valence-corrected chi connectivity index (χ2v) is 6.28. The molecule has 0 aliphatic carbocycles. The van der Waals surface area contributed by atoms with E-state index in [-0.39, 0.29) is 17.6 Å². The van der Waals surface area contributed by atoms with Crippen molar-refractivity contribution in [3.8, 4) is 0 Å². The summed E-state index contributed by atoms with van der Waals surface area (Å²) in [6.45, 7) is 4.72. The first kappa shape index (κ1) is 15.4. The van der Waals surface area contributed by atoms with Gasteiger partial charge >= 0.3 is 0 Å². The Morgan fingerprint density at radius 3 is 3.09 bits per heavy atom. The molecule has 0 bridgehead atoms. The fraction of sp³-hybridized carbons (Fsp3) is 0.647. The highest BCUT2D eigenvalue weighted by Gasteiger charge is 2.49. The van der Waals surface area contributed by atoms with Crippen LogP contribution in [0.25, 0.3) is 0 Å². The molecule has 5 heteroatoms. The zero-order chi connectivity index (χ0) is 15.4. The van der Waals surface area contributed by atoms with Crippen LogP contribution in [-0.4, -0.2) is 47.2 Å². The van der Waals surface area contributed by atoms with Gasteiger partial charge in [-0.3, -0.25) is 9.78 Å². The van der Waals surface area contributed by atoms with E-state index in [0.29, 0.717) is 19.6 Å². The average Bonchev–Trinajstić information content (AvgIpc) is 2.52. The summed E-state index contributed by atoms with van der Waals surface area (Å²) in [6, 6.07) is 5.85. The molecule has 2 aliphatic heterocycles. The van der Waals surface area contributed by atoms with E-state index >= 15 is 0 Å². The van der Waals surface area contributed by atoms with Crippen LogP contribution in [0.3, 0.4) is 0 Å². The van der Waals surface area contributed by atoms with Crippen LogP contribution in [0, 0.1) is 0 Å². The summed E-state index contributed by atoms with van der Waals surface area (Å²) >= 11 is 0. The molecule has 2 fully saturated rings. The van der Waals surface area contributed by atoms with Gasteiger partial charge in [-0.25, -0.2) is 0 Å². The number of rotatable bonds is 5. The molecule has 0 aromatic carbocycles. The van der Waals surface area contributed by atoms with Crippen molar-refractivity contribution in [2.45, 2.75) is 50.9 Å². The van der Waals surface area contributed by atoms with E-state index in [4.69, 9.17) is 9.47 Å². The standard InChI is InChI=1S/C17H24N2O3/c1-2-5-16(20)19-12-17(13-19)10-15(7-9-22-17)21-11-14-6-3-4-8-18-14/h3-4,6,8,15H,2,5,7,9-13H2,1H3/t15-/m0/s1. The molecule has 1 aromatic rings. The first-order valence-corrected chi connectivity index (χ1v) is 8.14. The van der Waals surface area contributed by atoms with Crippen LogP contribution in [0.15, 0.2) is 24.4 Å². The smallest absolute Gasteiger partial charge is 0.222 e. The molecular weight excluding hydrogens is 280 g/mol. The van der Waals surface area contributed by atoms with E-state index in [9.17, 15) is 4.79 Å². The molecule has 3 heterocycles. The van der Waals surface area contributed by atoms with Crippen LogP contribution < -0.4 is 0 Å². The van der Waals surface area contributed by atoms with Crippen molar-refractivity contribution in [3.63, 3.8) is 0 Å². The number of likely N-dealkylation sites (tertiary alicyclic amines) is 1. The molecule has 120 valence electrons. The zero-order valence-electron chi connectivity index (χ0n) is 13.2. The average molecular weight is 304 g/mol. The van der Waals surface area contributed by atoms with Gasteiger partial charge in [0.25, 0.3) is 0 Å². The molecule has 1 aromatic heterocycles. The van der Waals surface area contributed by atoms with Crippen molar-refractivity contribution in [3.05, 3.63) is 30.1 Å². The van der Waals surface area contributed by atoms with Gasteiger partial charge in [-0.05, 0) is 25.0 Å². The number of carbonyl (C=O) groups is 1. The third kappa shape index (κ3) is 3.47. The van der Waals surface area contributed by atoms with Gasteiger partial charge in [0.15, 0.2) is 0 Å². The van der Waals surface area contributed by atoms with Gasteiger partial charge in [0.05, 0.1) is 31.5 Å². The van der Waals surface area contributed by atoms with E-state index in [1.807, 2.05) is 30.0 Å². The Labute approximate surface area is 131 Å². The van der Waals surface area contributed by atoms with Crippen LogP contribution in [-0.2, 0) is 20.9 Å². The normalized spacial score (nSPS) is 23.3. The number of hydrogen-bond donors (Lipinski definition) is 0. The fourth-order valence-corrected chi connectivity index (χ4v) is 3.23. The number of aromatic nitrogens is 1. The van der Waals surface area contributed by atoms with Gasteiger partial charge in [0, 0.05) is 25.6 Å². The monoisotopic (exact) mass is 304 g/mol. The summed E-state index contributed by atoms with van der Waals surface area (Å²) in [5.41, 5.74) is 0.785. The molecule has 22 heavy (non-hydrogen) atoms. The molecular formula is C17H24N2O3. The lowest BCUT2D eigenvalue weighted by Gasteiger charge is -2.53. The van der Waals surface area contributed by atoms with E-state index < -0.39 is 0 Å². The summed E-state index contributed by atoms with van der Waals surface area (Å²) in [4.78, 5) is 18.1. The second-order valence-electron chi connectivity index (χ2n) is 6.28. The third-order valence-corrected chi connectivity index (χ3v) is 4.42. The van der Waals surface area contributed by atoms with Crippen LogP contribution in [0.5, 0.6) is 0 Å². The minimum absolute atomic E-state index is 0.170. The van der Waals surface area contributed by atoms with Gasteiger partial charge in [-0.1, -0.05) is 13.0 Å². The Hall–Kier alpha value is -1.46. The van der Waals surface area contributed by atoms with E-state index in [2.05, 4.69) is 4.98 Å². The molecule has 5 nitrogen and oxygen atoms in total. The van der Waals surface area contributed by atoms with Gasteiger partial charge in [-0.15, -0.1) is 0 Å². The topological polar surface area (TPSA) is 51.7 Å². The first-order valence-electron chi connectivity index (χ1n) is 8.14. The number of nitrogens with zero attached hydrogens (tertiary/aromatic N) is 2. The maximum absolute atomic E-state index is 11.9. The highest BCUT2D eigenvalue weighted by atomic mass is 16.5. The minimum atomic E-state index is -0.170. The summed E-state index contributed by atoms with van der Waals surface area (Å²) in [5, 5.41) is 0. The maximum Gasteiger partial charge on any atom is 0.222 e. The first-order chi connectivity index (χ1) is 10.7. The molecule has 2 aliphatic rings. The van der Waals surface area contributed by atoms with Gasteiger partial charge in [-0.2, -0.15) is 0 Å². The van der Waals surface area contributed by atoms with Crippen molar-refractivity contribution in [2.75, 3.05) is 19.7 Å². The van der Waals surface area contributed by atoms with E-state index in [1.54, 1.807) is 6.20 Å². The quantitative estimate of drug-likeness (QED) is 0.836.